The van der Waals surface area contributed by atoms with Crippen molar-refractivity contribution in [3.63, 3.8) is 0 Å². The Labute approximate surface area is 240 Å². The number of urea groups is 1. The number of amides is 4. The lowest BCUT2D eigenvalue weighted by Crippen LogP contribution is -2.73. The van der Waals surface area contributed by atoms with E-state index in [1.165, 1.54) is 32.1 Å². The van der Waals surface area contributed by atoms with Gasteiger partial charge in [-0.05, 0) is 87.4 Å². The SMILES string of the molecule is C[C@@]12CCC[C@H]1[C@@H]1CC[C@H]3NC(=O)C4(CO4)C(C(=O)N(C(=O)NC4CCCCC4)C4CCCCC4)[C@]3(C)[C@H]1CC2. The summed E-state index contributed by atoms with van der Waals surface area (Å²) in [6, 6.07) is -0.200. The summed E-state index contributed by atoms with van der Waals surface area (Å²) in [4.78, 5) is 44.5. The molecule has 0 aromatic heterocycles. The van der Waals surface area contributed by atoms with E-state index in [1.807, 2.05) is 0 Å². The van der Waals surface area contributed by atoms with Crippen molar-refractivity contribution in [2.24, 2.45) is 34.5 Å². The quantitative estimate of drug-likeness (QED) is 0.438. The molecule has 7 nitrogen and oxygen atoms in total. The Morgan fingerprint density at radius 2 is 1.55 bits per heavy atom. The molecule has 7 aliphatic rings. The molecule has 5 aliphatic carbocycles. The topological polar surface area (TPSA) is 91.0 Å². The average molecular weight is 554 g/mol. The van der Waals surface area contributed by atoms with Crippen molar-refractivity contribution >= 4 is 17.8 Å². The lowest BCUT2D eigenvalue weighted by molar-refractivity contribution is -0.175. The molecule has 7 rings (SSSR count). The van der Waals surface area contributed by atoms with Gasteiger partial charge >= 0.3 is 6.03 Å². The second-order valence-electron chi connectivity index (χ2n) is 15.3. The van der Waals surface area contributed by atoms with Gasteiger partial charge in [-0.1, -0.05) is 58.8 Å². The molecule has 7 heteroatoms. The number of epoxide rings is 1. The zero-order valence-electron chi connectivity index (χ0n) is 24.8. The molecule has 0 radical (unpaired) electrons. The fourth-order valence-corrected chi connectivity index (χ4v) is 11.2. The molecule has 4 amide bonds. The number of carbonyl (C=O) groups is 3. The first kappa shape index (κ1) is 27.2. The molecule has 2 heterocycles. The highest BCUT2D eigenvalue weighted by molar-refractivity contribution is 6.02. The number of fused-ring (bicyclic) bond motifs is 5. The number of rotatable bonds is 3. The second kappa shape index (κ2) is 9.98. The summed E-state index contributed by atoms with van der Waals surface area (Å²) in [5.74, 6) is 0.814. The van der Waals surface area contributed by atoms with Crippen molar-refractivity contribution in [2.75, 3.05) is 6.61 Å². The van der Waals surface area contributed by atoms with Crippen LogP contribution in [0.1, 0.15) is 123 Å². The van der Waals surface area contributed by atoms with Gasteiger partial charge in [0.1, 0.15) is 0 Å². The summed E-state index contributed by atoms with van der Waals surface area (Å²) in [5, 5.41) is 6.67. The van der Waals surface area contributed by atoms with Gasteiger partial charge in [0.25, 0.3) is 5.91 Å². The summed E-state index contributed by atoms with van der Waals surface area (Å²) in [6.45, 7) is 5.10. The van der Waals surface area contributed by atoms with E-state index in [9.17, 15) is 9.59 Å². The van der Waals surface area contributed by atoms with Crippen LogP contribution in [-0.2, 0) is 14.3 Å². The number of imide groups is 1. The van der Waals surface area contributed by atoms with Crippen LogP contribution >= 0.6 is 0 Å². The van der Waals surface area contributed by atoms with Crippen molar-refractivity contribution in [1.29, 1.82) is 0 Å². The summed E-state index contributed by atoms with van der Waals surface area (Å²) in [6.07, 6.45) is 18.7. The predicted octanol–water partition coefficient (Wildman–Crippen LogP) is 5.71. The van der Waals surface area contributed by atoms with Gasteiger partial charge in [-0.3, -0.25) is 14.5 Å². The summed E-state index contributed by atoms with van der Waals surface area (Å²) < 4.78 is 6.06. The molecule has 0 aromatic rings. The summed E-state index contributed by atoms with van der Waals surface area (Å²) in [7, 11) is 0. The van der Waals surface area contributed by atoms with Crippen LogP contribution in [-0.4, -0.2) is 53.1 Å². The van der Waals surface area contributed by atoms with Crippen LogP contribution in [0.2, 0.25) is 0 Å². The molecule has 2 N–H and O–H groups in total. The normalized spacial score (nSPS) is 45.1. The highest BCUT2D eigenvalue weighted by Crippen LogP contribution is 2.67. The second-order valence-corrected chi connectivity index (χ2v) is 15.3. The zero-order valence-corrected chi connectivity index (χ0v) is 24.8. The van der Waals surface area contributed by atoms with E-state index in [1.54, 1.807) is 4.90 Å². The highest BCUT2D eigenvalue weighted by Gasteiger charge is 2.75. The van der Waals surface area contributed by atoms with Crippen LogP contribution < -0.4 is 10.6 Å². The Kier molecular flexibility index (Phi) is 6.79. The highest BCUT2D eigenvalue weighted by atomic mass is 16.6. The third kappa shape index (κ3) is 4.10. The molecule has 0 bridgehead atoms. The Hall–Kier alpha value is -1.63. The number of nitrogens with one attached hydrogen (secondary N) is 2. The first-order valence-electron chi connectivity index (χ1n) is 16.9. The van der Waals surface area contributed by atoms with E-state index >= 15 is 4.79 Å². The zero-order chi connectivity index (χ0) is 27.7. The van der Waals surface area contributed by atoms with Gasteiger partial charge < -0.3 is 15.4 Å². The molecule has 1 spiro atoms. The van der Waals surface area contributed by atoms with E-state index in [0.717, 1.165) is 77.0 Å². The van der Waals surface area contributed by atoms with Gasteiger partial charge in [0, 0.05) is 23.5 Å². The number of hydrogen-bond donors (Lipinski definition) is 2. The van der Waals surface area contributed by atoms with Crippen LogP contribution in [0.3, 0.4) is 0 Å². The van der Waals surface area contributed by atoms with Gasteiger partial charge in [-0.2, -0.15) is 0 Å². The first-order chi connectivity index (χ1) is 19.3. The Bertz CT molecular complexity index is 1030. The van der Waals surface area contributed by atoms with Crippen molar-refractivity contribution < 1.29 is 19.1 Å². The number of carbonyl (C=O) groups excluding carboxylic acids is 3. The minimum Gasteiger partial charge on any atom is -0.358 e. The maximum atomic E-state index is 15.1. The maximum absolute atomic E-state index is 15.1. The molecule has 8 atom stereocenters. The van der Waals surface area contributed by atoms with E-state index < -0.39 is 16.9 Å². The molecule has 2 unspecified atom stereocenters. The monoisotopic (exact) mass is 553 g/mol. The van der Waals surface area contributed by atoms with Crippen molar-refractivity contribution in [1.82, 2.24) is 15.5 Å². The van der Waals surface area contributed by atoms with Gasteiger partial charge in [0.15, 0.2) is 5.60 Å². The van der Waals surface area contributed by atoms with Crippen LogP contribution in [0.5, 0.6) is 0 Å². The fraction of sp³-hybridized carbons (Fsp3) is 0.909. The smallest absolute Gasteiger partial charge is 0.324 e. The average Bonchev–Trinajstić information content (AvgIpc) is 3.63. The Morgan fingerprint density at radius 1 is 0.850 bits per heavy atom. The van der Waals surface area contributed by atoms with Crippen LogP contribution in [0, 0.1) is 34.5 Å². The van der Waals surface area contributed by atoms with Crippen molar-refractivity contribution in [3.8, 4) is 0 Å². The van der Waals surface area contributed by atoms with Crippen LogP contribution in [0.15, 0.2) is 0 Å². The molecule has 2 aliphatic heterocycles. The van der Waals surface area contributed by atoms with Crippen molar-refractivity contribution in [2.45, 2.75) is 147 Å². The van der Waals surface area contributed by atoms with E-state index in [-0.39, 0.29) is 36.0 Å². The van der Waals surface area contributed by atoms with Crippen LogP contribution in [0.25, 0.3) is 0 Å². The van der Waals surface area contributed by atoms with E-state index in [0.29, 0.717) is 29.8 Å². The number of piperidine rings is 1. The molecule has 222 valence electrons. The number of ether oxygens (including phenoxy) is 1. The van der Waals surface area contributed by atoms with Crippen molar-refractivity contribution in [3.05, 3.63) is 0 Å². The minimum absolute atomic E-state index is 0.0367. The molecular formula is C33H51N3O4. The lowest BCUT2D eigenvalue weighted by atomic mass is 9.44. The fourth-order valence-electron chi connectivity index (χ4n) is 11.2. The molecule has 40 heavy (non-hydrogen) atoms. The molecule has 2 saturated heterocycles. The summed E-state index contributed by atoms with van der Waals surface area (Å²) in [5.41, 5.74) is -1.10. The van der Waals surface area contributed by atoms with Crippen LogP contribution in [0.4, 0.5) is 4.79 Å². The number of hydrogen-bond acceptors (Lipinski definition) is 4. The molecule has 0 aromatic carbocycles. The van der Waals surface area contributed by atoms with Gasteiger partial charge in [0.05, 0.1) is 12.5 Å². The lowest BCUT2D eigenvalue weighted by Gasteiger charge is -2.62. The third-order valence-electron chi connectivity index (χ3n) is 13.4. The largest absolute Gasteiger partial charge is 0.358 e. The molecular weight excluding hydrogens is 502 g/mol. The Balaban J connectivity index is 1.25. The van der Waals surface area contributed by atoms with Gasteiger partial charge in [-0.15, -0.1) is 0 Å². The predicted molar refractivity (Wildman–Crippen MR) is 152 cm³/mol. The maximum Gasteiger partial charge on any atom is 0.324 e. The van der Waals surface area contributed by atoms with Gasteiger partial charge in [-0.25, -0.2) is 4.79 Å². The summed E-state index contributed by atoms with van der Waals surface area (Å²) >= 11 is 0. The molecule has 5 saturated carbocycles. The third-order valence-corrected chi connectivity index (χ3v) is 13.4. The Morgan fingerprint density at radius 3 is 2.25 bits per heavy atom. The first-order valence-corrected chi connectivity index (χ1v) is 16.9. The van der Waals surface area contributed by atoms with Gasteiger partial charge in [0.2, 0.25) is 5.91 Å². The van der Waals surface area contributed by atoms with E-state index in [4.69, 9.17) is 4.74 Å². The minimum atomic E-state index is -1.11. The number of nitrogens with zero attached hydrogens (tertiary/aromatic N) is 1. The molecule has 7 fully saturated rings. The standard InChI is InChI=1S/C33H51N3O4/c1-31-18-9-14-24(31)23-15-16-26-32(2,25(23)17-19-31)27(33(20-40-33)29(38)35-26)28(37)36(22-12-7-4-8-13-22)30(39)34-21-10-5-3-6-11-21/h21-27H,3-20H2,1-2H3,(H,34,39)(H,35,38)/t23-,24-,25-,26+,27?,31-,32+,33?/m0/s1. The van der Waals surface area contributed by atoms with E-state index in [2.05, 4.69) is 24.5 Å².